The van der Waals surface area contributed by atoms with Crippen LogP contribution in [0.3, 0.4) is 0 Å². The molecule has 0 aliphatic carbocycles. The summed E-state index contributed by atoms with van der Waals surface area (Å²) in [6.07, 6.45) is -3.39. The van der Waals surface area contributed by atoms with E-state index in [0.29, 0.717) is 30.1 Å². The predicted octanol–water partition coefficient (Wildman–Crippen LogP) is 5.11. The lowest BCUT2D eigenvalue weighted by Crippen LogP contribution is -2.39. The summed E-state index contributed by atoms with van der Waals surface area (Å²) in [4.78, 5) is 14.4. The van der Waals surface area contributed by atoms with E-state index in [0.717, 1.165) is 18.2 Å². The van der Waals surface area contributed by atoms with Crippen molar-refractivity contribution in [3.8, 4) is 0 Å². The topological polar surface area (TPSA) is 32.3 Å². The van der Waals surface area contributed by atoms with Crippen LogP contribution >= 0.6 is 11.6 Å². The van der Waals surface area contributed by atoms with Crippen LogP contribution in [-0.2, 0) is 11.0 Å². The summed E-state index contributed by atoms with van der Waals surface area (Å²) in [7, 11) is 0. The highest BCUT2D eigenvalue weighted by atomic mass is 35.5. The number of nitrogens with one attached hydrogen (secondary N) is 1. The molecule has 0 bridgehead atoms. The Labute approximate surface area is 152 Å². The van der Waals surface area contributed by atoms with Crippen LogP contribution in [0.15, 0.2) is 42.5 Å². The maximum Gasteiger partial charge on any atom is 0.419 e. The van der Waals surface area contributed by atoms with Gasteiger partial charge in [-0.25, -0.2) is 4.39 Å². The Hall–Kier alpha value is -2.28. The van der Waals surface area contributed by atoms with E-state index in [2.05, 4.69) is 5.32 Å². The number of hydrogen-bond donors (Lipinski definition) is 1. The zero-order chi connectivity index (χ0) is 18.9. The molecule has 1 heterocycles. The van der Waals surface area contributed by atoms with Crippen molar-refractivity contribution in [1.82, 2.24) is 0 Å². The van der Waals surface area contributed by atoms with Crippen molar-refractivity contribution in [3.05, 3.63) is 58.9 Å². The second-order valence-electron chi connectivity index (χ2n) is 6.01. The summed E-state index contributed by atoms with van der Waals surface area (Å²) < 4.78 is 51.5. The Morgan fingerprint density at radius 2 is 1.85 bits per heavy atom. The zero-order valence-electron chi connectivity index (χ0n) is 13.5. The van der Waals surface area contributed by atoms with Gasteiger partial charge in [0.1, 0.15) is 11.9 Å². The number of carbonyl (C=O) groups is 1. The number of hydrogen-bond acceptors (Lipinski definition) is 2. The quantitative estimate of drug-likeness (QED) is 0.744. The summed E-state index contributed by atoms with van der Waals surface area (Å²) in [5, 5.41) is 3.08. The maximum atomic E-state index is 13.7. The smallest absolute Gasteiger partial charge is 0.360 e. The Kier molecular flexibility index (Phi) is 5.09. The summed E-state index contributed by atoms with van der Waals surface area (Å²) in [5.74, 6) is -1.81. The Morgan fingerprint density at radius 1 is 1.15 bits per heavy atom. The summed E-state index contributed by atoms with van der Waals surface area (Å²) in [6, 6.07) is 8.90. The monoisotopic (exact) mass is 386 g/mol. The molecule has 2 aromatic rings. The van der Waals surface area contributed by atoms with Crippen LogP contribution in [0.25, 0.3) is 0 Å². The molecule has 0 saturated carbocycles. The fourth-order valence-corrected chi connectivity index (χ4v) is 3.16. The first kappa shape index (κ1) is 18.5. The number of alkyl halides is 3. The molecule has 1 fully saturated rings. The van der Waals surface area contributed by atoms with Gasteiger partial charge >= 0.3 is 6.18 Å². The number of anilines is 2. The van der Waals surface area contributed by atoms with Crippen molar-refractivity contribution in [2.45, 2.75) is 25.1 Å². The van der Waals surface area contributed by atoms with Gasteiger partial charge in [-0.15, -0.1) is 0 Å². The van der Waals surface area contributed by atoms with Crippen molar-refractivity contribution in [3.63, 3.8) is 0 Å². The second kappa shape index (κ2) is 7.15. The molecule has 3 rings (SSSR count). The fraction of sp³-hybridized carbons (Fsp3) is 0.278. The molecule has 1 aliphatic rings. The summed E-state index contributed by atoms with van der Waals surface area (Å²) in [6.45, 7) is 0.668. The van der Waals surface area contributed by atoms with Crippen LogP contribution in [-0.4, -0.2) is 18.5 Å². The van der Waals surface area contributed by atoms with Gasteiger partial charge < -0.3 is 10.2 Å². The number of carbonyl (C=O) groups excluding carboxylic acids is 1. The summed E-state index contributed by atoms with van der Waals surface area (Å²) in [5.41, 5.74) is -0.548. The molecular formula is C18H15ClF4N2O. The first-order valence-electron chi connectivity index (χ1n) is 7.95. The molecule has 1 N–H and O–H groups in total. The first-order valence-corrected chi connectivity index (χ1v) is 8.33. The van der Waals surface area contributed by atoms with Crippen molar-refractivity contribution in [2.75, 3.05) is 16.8 Å². The van der Waals surface area contributed by atoms with Gasteiger partial charge in [0.05, 0.1) is 5.56 Å². The fourth-order valence-electron chi connectivity index (χ4n) is 3.03. The standard InChI is InChI=1S/C18H15ClF4N2O/c19-11-3-6-13(7-4-11)25-9-1-2-16(25)17(26)24-12-5-8-14(15(20)10-12)18(21,22)23/h3-8,10,16H,1-2,9H2,(H,24,26). The zero-order valence-corrected chi connectivity index (χ0v) is 14.2. The van der Waals surface area contributed by atoms with Crippen LogP contribution in [0, 0.1) is 5.82 Å². The Morgan fingerprint density at radius 3 is 2.46 bits per heavy atom. The van der Waals surface area contributed by atoms with Crippen molar-refractivity contribution in [1.29, 1.82) is 0 Å². The highest BCUT2D eigenvalue weighted by Crippen LogP contribution is 2.33. The average molecular weight is 387 g/mol. The van der Waals surface area contributed by atoms with Gasteiger partial charge in [-0.05, 0) is 55.3 Å². The van der Waals surface area contributed by atoms with Crippen LogP contribution in [0.2, 0.25) is 5.02 Å². The van der Waals surface area contributed by atoms with Crippen molar-refractivity contribution in [2.24, 2.45) is 0 Å². The molecule has 3 nitrogen and oxygen atoms in total. The number of halogens is 5. The third kappa shape index (κ3) is 3.93. The van der Waals surface area contributed by atoms with Gasteiger partial charge in [-0.2, -0.15) is 13.2 Å². The van der Waals surface area contributed by atoms with Gasteiger partial charge in [0, 0.05) is 22.9 Å². The van der Waals surface area contributed by atoms with E-state index in [9.17, 15) is 22.4 Å². The van der Waals surface area contributed by atoms with Crippen LogP contribution < -0.4 is 10.2 Å². The van der Waals surface area contributed by atoms with Gasteiger partial charge in [0.2, 0.25) is 5.91 Å². The van der Waals surface area contributed by atoms with Gasteiger partial charge in [0.15, 0.2) is 0 Å². The predicted molar refractivity (Wildman–Crippen MR) is 91.9 cm³/mol. The third-order valence-corrected chi connectivity index (χ3v) is 4.51. The SMILES string of the molecule is O=C(Nc1ccc(C(F)(F)F)c(F)c1)C1CCCN1c1ccc(Cl)cc1. The maximum absolute atomic E-state index is 13.7. The number of benzene rings is 2. The normalized spacial score (nSPS) is 17.4. The molecule has 0 spiro atoms. The number of amides is 1. The van der Waals surface area contributed by atoms with Gasteiger partial charge in [-0.1, -0.05) is 11.6 Å². The minimum Gasteiger partial charge on any atom is -0.360 e. The van der Waals surface area contributed by atoms with E-state index in [1.54, 1.807) is 24.3 Å². The molecule has 138 valence electrons. The average Bonchev–Trinajstić information content (AvgIpc) is 3.04. The molecule has 0 aromatic heterocycles. The van der Waals surface area contributed by atoms with E-state index in [1.807, 2.05) is 4.90 Å². The molecule has 1 amide bonds. The van der Waals surface area contributed by atoms with Crippen molar-refractivity contribution < 1.29 is 22.4 Å². The molecule has 2 aromatic carbocycles. The largest absolute Gasteiger partial charge is 0.419 e. The molecule has 1 saturated heterocycles. The molecule has 1 atom stereocenters. The Bertz CT molecular complexity index is 808. The lowest BCUT2D eigenvalue weighted by molar-refractivity contribution is -0.139. The van der Waals surface area contributed by atoms with E-state index >= 15 is 0 Å². The van der Waals surface area contributed by atoms with E-state index < -0.39 is 29.5 Å². The minimum absolute atomic E-state index is 0.0107. The third-order valence-electron chi connectivity index (χ3n) is 4.26. The van der Waals surface area contributed by atoms with E-state index in [1.165, 1.54) is 0 Å². The molecule has 26 heavy (non-hydrogen) atoms. The number of nitrogens with zero attached hydrogens (tertiary/aromatic N) is 1. The highest BCUT2D eigenvalue weighted by Gasteiger charge is 2.34. The molecule has 8 heteroatoms. The van der Waals surface area contributed by atoms with Crippen molar-refractivity contribution >= 4 is 28.9 Å². The lowest BCUT2D eigenvalue weighted by Gasteiger charge is -2.26. The van der Waals surface area contributed by atoms with Gasteiger partial charge in [0.25, 0.3) is 0 Å². The second-order valence-corrected chi connectivity index (χ2v) is 6.45. The van der Waals surface area contributed by atoms with Crippen LogP contribution in [0.1, 0.15) is 18.4 Å². The summed E-state index contributed by atoms with van der Waals surface area (Å²) >= 11 is 5.87. The van der Waals surface area contributed by atoms with E-state index in [-0.39, 0.29) is 5.69 Å². The first-order chi connectivity index (χ1) is 12.3. The molecule has 1 unspecified atom stereocenters. The van der Waals surface area contributed by atoms with E-state index in [4.69, 9.17) is 11.6 Å². The van der Waals surface area contributed by atoms with Gasteiger partial charge in [-0.3, -0.25) is 4.79 Å². The Balaban J connectivity index is 1.75. The minimum atomic E-state index is -4.77. The lowest BCUT2D eigenvalue weighted by atomic mass is 10.1. The van der Waals surface area contributed by atoms with Crippen LogP contribution in [0.4, 0.5) is 28.9 Å². The highest BCUT2D eigenvalue weighted by molar-refractivity contribution is 6.30. The molecular weight excluding hydrogens is 372 g/mol. The molecule has 0 radical (unpaired) electrons. The van der Waals surface area contributed by atoms with Crippen LogP contribution in [0.5, 0.6) is 0 Å². The molecule has 1 aliphatic heterocycles. The number of rotatable bonds is 3.